The number of hydrogen-bond donors (Lipinski definition) is 0. The van der Waals surface area contributed by atoms with Gasteiger partial charge in [0.25, 0.3) is 5.56 Å². The summed E-state index contributed by atoms with van der Waals surface area (Å²) in [6.07, 6.45) is 1.38. The number of nitrogens with zero attached hydrogens (tertiary/aromatic N) is 4. The van der Waals surface area contributed by atoms with E-state index >= 15 is 0 Å². The summed E-state index contributed by atoms with van der Waals surface area (Å²) < 4.78 is 14.2. The lowest BCUT2D eigenvalue weighted by Gasteiger charge is -2.15. The van der Waals surface area contributed by atoms with E-state index in [9.17, 15) is 14.4 Å². The number of methoxy groups -OCH3 is 1. The Balaban J connectivity index is 2.35. The molecule has 0 aliphatic rings. The van der Waals surface area contributed by atoms with Crippen molar-refractivity contribution < 1.29 is 14.3 Å². The highest BCUT2D eigenvalue weighted by molar-refractivity contribution is 5.79. The van der Waals surface area contributed by atoms with Gasteiger partial charge >= 0.3 is 11.7 Å². The Kier molecular flexibility index (Phi) is 5.34. The molecule has 3 aromatic rings. The molecule has 0 saturated carbocycles. The van der Waals surface area contributed by atoms with Gasteiger partial charge in [-0.05, 0) is 32.9 Å². The quantitative estimate of drug-likeness (QED) is 0.596. The lowest BCUT2D eigenvalue weighted by Crippen LogP contribution is -2.40. The molecule has 2 aromatic heterocycles. The molecule has 2 heterocycles. The van der Waals surface area contributed by atoms with Crippen molar-refractivity contribution in [2.45, 2.75) is 33.4 Å². The minimum Gasteiger partial charge on any atom is -0.497 e. The van der Waals surface area contributed by atoms with Crippen LogP contribution in [0.1, 0.15) is 26.8 Å². The highest BCUT2D eigenvalue weighted by Crippen LogP contribution is 2.20. The van der Waals surface area contributed by atoms with Gasteiger partial charge in [0, 0.05) is 12.6 Å². The van der Waals surface area contributed by atoms with Crippen molar-refractivity contribution in [1.29, 1.82) is 0 Å². The molecule has 0 fully saturated rings. The average Bonchev–Trinajstić information content (AvgIpc) is 3.13. The van der Waals surface area contributed by atoms with Crippen molar-refractivity contribution in [2.24, 2.45) is 0 Å². The molecule has 0 aliphatic heterocycles. The topological polar surface area (TPSA) is 97.4 Å². The molecule has 0 spiro atoms. The second-order valence-electron chi connectivity index (χ2n) is 6.12. The molecule has 28 heavy (non-hydrogen) atoms. The van der Waals surface area contributed by atoms with E-state index in [1.807, 2.05) is 0 Å². The Morgan fingerprint density at radius 2 is 2.00 bits per heavy atom. The van der Waals surface area contributed by atoms with Crippen LogP contribution in [-0.4, -0.2) is 38.4 Å². The number of esters is 1. The van der Waals surface area contributed by atoms with Gasteiger partial charge in [-0.1, -0.05) is 6.07 Å². The van der Waals surface area contributed by atoms with Crippen LogP contribution in [0.15, 0.2) is 40.2 Å². The molecule has 0 bridgehead atoms. The van der Waals surface area contributed by atoms with E-state index in [-0.39, 0.29) is 24.3 Å². The monoisotopic (exact) mass is 386 g/mol. The summed E-state index contributed by atoms with van der Waals surface area (Å²) in [6, 6.07) is 6.13. The summed E-state index contributed by atoms with van der Waals surface area (Å²) in [6.45, 7) is 5.44. The van der Waals surface area contributed by atoms with Gasteiger partial charge in [0.15, 0.2) is 11.2 Å². The maximum Gasteiger partial charge on any atom is 0.337 e. The van der Waals surface area contributed by atoms with E-state index in [0.717, 1.165) is 4.57 Å². The van der Waals surface area contributed by atoms with E-state index in [0.29, 0.717) is 11.4 Å². The summed E-state index contributed by atoms with van der Waals surface area (Å²) in [5.41, 5.74) is -0.183. The van der Waals surface area contributed by atoms with E-state index in [1.54, 1.807) is 45.0 Å². The zero-order valence-corrected chi connectivity index (χ0v) is 16.2. The van der Waals surface area contributed by atoms with Crippen molar-refractivity contribution in [3.63, 3.8) is 0 Å². The van der Waals surface area contributed by atoms with Crippen LogP contribution in [0, 0.1) is 0 Å². The predicted octanol–water partition coefficient (Wildman–Crippen LogP) is 1.50. The van der Waals surface area contributed by atoms with Gasteiger partial charge in [-0.2, -0.15) is 0 Å². The van der Waals surface area contributed by atoms with E-state index in [2.05, 4.69) is 4.98 Å². The van der Waals surface area contributed by atoms with Crippen LogP contribution in [0.2, 0.25) is 0 Å². The fraction of sp³-hybridized carbons (Fsp3) is 0.368. The van der Waals surface area contributed by atoms with Gasteiger partial charge in [0.2, 0.25) is 0 Å². The number of imidazole rings is 1. The molecule has 0 unspecified atom stereocenters. The van der Waals surface area contributed by atoms with Gasteiger partial charge in [-0.3, -0.25) is 9.36 Å². The minimum atomic E-state index is -0.765. The van der Waals surface area contributed by atoms with Gasteiger partial charge in [-0.15, -0.1) is 0 Å². The van der Waals surface area contributed by atoms with Crippen molar-refractivity contribution >= 4 is 17.1 Å². The van der Waals surface area contributed by atoms with Crippen LogP contribution in [0.3, 0.4) is 0 Å². The highest BCUT2D eigenvalue weighted by Gasteiger charge is 2.24. The molecule has 0 aliphatic carbocycles. The third kappa shape index (κ3) is 3.08. The maximum atomic E-state index is 13.0. The number of carbonyl (C=O) groups is 1. The second kappa shape index (κ2) is 7.71. The molecule has 1 atom stereocenters. The molecule has 9 nitrogen and oxygen atoms in total. The molecule has 1 aromatic carbocycles. The lowest BCUT2D eigenvalue weighted by molar-refractivity contribution is -0.146. The molecular weight excluding hydrogens is 364 g/mol. The van der Waals surface area contributed by atoms with E-state index in [4.69, 9.17) is 9.47 Å². The first-order valence-corrected chi connectivity index (χ1v) is 8.98. The lowest BCUT2D eigenvalue weighted by atomic mass is 10.3. The number of hydrogen-bond acceptors (Lipinski definition) is 6. The fourth-order valence-corrected chi connectivity index (χ4v) is 3.08. The molecule has 0 N–H and O–H groups in total. The van der Waals surface area contributed by atoms with Crippen LogP contribution in [0.25, 0.3) is 16.9 Å². The van der Waals surface area contributed by atoms with Gasteiger partial charge in [0.05, 0.1) is 25.7 Å². The van der Waals surface area contributed by atoms with Crippen LogP contribution in [0.4, 0.5) is 0 Å². The molecule has 0 radical (unpaired) electrons. The van der Waals surface area contributed by atoms with Crippen LogP contribution in [-0.2, 0) is 16.1 Å². The Hall–Kier alpha value is -3.36. The van der Waals surface area contributed by atoms with Gasteiger partial charge in [0.1, 0.15) is 11.8 Å². The largest absolute Gasteiger partial charge is 0.497 e. The first-order valence-electron chi connectivity index (χ1n) is 8.98. The molecule has 148 valence electrons. The second-order valence-corrected chi connectivity index (χ2v) is 6.12. The number of rotatable bonds is 6. The zero-order valence-electron chi connectivity index (χ0n) is 16.2. The van der Waals surface area contributed by atoms with Crippen molar-refractivity contribution in [3.05, 3.63) is 51.4 Å². The van der Waals surface area contributed by atoms with Gasteiger partial charge < -0.3 is 14.0 Å². The summed E-state index contributed by atoms with van der Waals surface area (Å²) in [4.78, 5) is 42.4. The molecular formula is C19H22N4O5. The van der Waals surface area contributed by atoms with Crippen LogP contribution >= 0.6 is 0 Å². The number of benzene rings is 1. The number of fused-ring (bicyclic) bond motifs is 1. The van der Waals surface area contributed by atoms with Crippen molar-refractivity contribution in [3.8, 4) is 11.4 Å². The smallest absolute Gasteiger partial charge is 0.337 e. The number of ether oxygens (including phenoxy) is 2. The average molecular weight is 386 g/mol. The highest BCUT2D eigenvalue weighted by atomic mass is 16.5. The summed E-state index contributed by atoms with van der Waals surface area (Å²) in [5.74, 6) is 0.0782. The predicted molar refractivity (Wildman–Crippen MR) is 103 cm³/mol. The maximum absolute atomic E-state index is 13.0. The minimum absolute atomic E-state index is 0.157. The standard InChI is InChI=1S/C19H22N4O5/c1-5-21-17(24)15-16(20-11-22(15)12(3)18(25)28-6-2)23(19(21)26)13-8-7-9-14(10-13)27-4/h7-12H,5-6H2,1-4H3/t12-/m1/s1. The summed E-state index contributed by atoms with van der Waals surface area (Å²) in [5, 5.41) is 0. The van der Waals surface area contributed by atoms with E-state index in [1.165, 1.54) is 22.6 Å². The molecule has 9 heteroatoms. The molecule has 3 rings (SSSR count). The summed E-state index contributed by atoms with van der Waals surface area (Å²) >= 11 is 0. The number of aromatic nitrogens is 4. The van der Waals surface area contributed by atoms with Crippen LogP contribution < -0.4 is 16.0 Å². The zero-order chi connectivity index (χ0) is 20.4. The SMILES string of the molecule is CCOC(=O)[C@@H](C)n1cnc2c1c(=O)n(CC)c(=O)n2-c1cccc(OC)c1. The van der Waals surface area contributed by atoms with Gasteiger partial charge in [-0.25, -0.2) is 19.1 Å². The Morgan fingerprint density at radius 3 is 2.64 bits per heavy atom. The Labute approximate surface area is 160 Å². The van der Waals surface area contributed by atoms with Crippen molar-refractivity contribution in [2.75, 3.05) is 13.7 Å². The normalized spacial score (nSPS) is 12.1. The fourth-order valence-electron chi connectivity index (χ4n) is 3.08. The molecule has 0 saturated heterocycles. The third-order valence-electron chi connectivity index (χ3n) is 4.53. The first kappa shape index (κ1) is 19.4. The Morgan fingerprint density at radius 1 is 1.25 bits per heavy atom. The van der Waals surface area contributed by atoms with Crippen LogP contribution in [0.5, 0.6) is 5.75 Å². The Bertz CT molecular complexity index is 1140. The van der Waals surface area contributed by atoms with E-state index < -0.39 is 23.3 Å². The third-order valence-corrected chi connectivity index (χ3v) is 4.53. The molecule has 0 amide bonds. The first-order chi connectivity index (χ1) is 13.4. The van der Waals surface area contributed by atoms with Crippen molar-refractivity contribution in [1.82, 2.24) is 18.7 Å². The summed E-state index contributed by atoms with van der Waals surface area (Å²) in [7, 11) is 1.53. The number of carbonyl (C=O) groups excluding carboxylic acids is 1.